The fraction of sp³-hybridized carbons (Fsp3) is 0.462. The Morgan fingerprint density at radius 3 is 2.62 bits per heavy atom. The Morgan fingerprint density at radius 2 is 2.10 bits per heavy atom. The number of rotatable bonds is 6. The predicted octanol–water partition coefficient (Wildman–Crippen LogP) is 0.991. The van der Waals surface area contributed by atoms with Crippen LogP contribution in [0.1, 0.15) is 28.8 Å². The number of aromatic carboxylic acids is 1. The van der Waals surface area contributed by atoms with Crippen LogP contribution in [0.5, 0.6) is 0 Å². The van der Waals surface area contributed by atoms with E-state index in [0.29, 0.717) is 5.76 Å². The van der Waals surface area contributed by atoms with Crippen molar-refractivity contribution in [1.29, 1.82) is 0 Å². The molecule has 1 rings (SSSR count). The molecule has 21 heavy (non-hydrogen) atoms. The molecule has 0 saturated carbocycles. The lowest BCUT2D eigenvalue weighted by atomic mass is 10.2. The van der Waals surface area contributed by atoms with E-state index in [-0.39, 0.29) is 31.0 Å². The van der Waals surface area contributed by atoms with Gasteiger partial charge in [-0.05, 0) is 19.9 Å². The number of hydrogen-bond donors (Lipinski definition) is 2. The Bertz CT molecular complexity index is 537. The second kappa shape index (κ2) is 7.32. The van der Waals surface area contributed by atoms with E-state index in [9.17, 15) is 14.4 Å². The number of hydrogen-bond acceptors (Lipinski definition) is 5. The van der Waals surface area contributed by atoms with Crippen molar-refractivity contribution in [2.45, 2.75) is 20.4 Å². The Balaban J connectivity index is 2.51. The molecule has 0 aliphatic rings. The lowest BCUT2D eigenvalue weighted by Crippen LogP contribution is -2.40. The van der Waals surface area contributed by atoms with Gasteiger partial charge in [-0.3, -0.25) is 4.79 Å². The highest BCUT2D eigenvalue weighted by molar-refractivity contribution is 5.88. The normalized spacial score (nSPS) is 10.0. The molecule has 2 amide bonds. The van der Waals surface area contributed by atoms with Crippen LogP contribution in [-0.4, -0.2) is 48.2 Å². The van der Waals surface area contributed by atoms with Crippen molar-refractivity contribution >= 4 is 18.0 Å². The molecule has 8 nitrogen and oxygen atoms in total. The highest BCUT2D eigenvalue weighted by atomic mass is 16.5. The highest BCUT2D eigenvalue weighted by Gasteiger charge is 2.16. The molecule has 2 N–H and O–H groups in total. The smallest absolute Gasteiger partial charge is 0.339 e. The third-order valence-corrected chi connectivity index (χ3v) is 2.63. The maximum atomic E-state index is 11.7. The van der Waals surface area contributed by atoms with Crippen LogP contribution < -0.4 is 5.32 Å². The van der Waals surface area contributed by atoms with E-state index in [0.717, 1.165) is 4.90 Å². The van der Waals surface area contributed by atoms with Gasteiger partial charge in [-0.15, -0.1) is 0 Å². The standard InChI is InChI=1S/C13H18N2O6/c1-4-20-11(16)7-15(3)13(19)14-6-9-5-10(12(17)18)8(2)21-9/h5H,4,6-7H2,1-3H3,(H,14,19)(H,17,18). The fourth-order valence-corrected chi connectivity index (χ4v) is 1.61. The molecule has 1 aromatic heterocycles. The second-order valence-corrected chi connectivity index (χ2v) is 4.31. The molecule has 1 heterocycles. The van der Waals surface area contributed by atoms with Crippen molar-refractivity contribution in [1.82, 2.24) is 10.2 Å². The van der Waals surface area contributed by atoms with Gasteiger partial charge in [-0.25, -0.2) is 9.59 Å². The number of esters is 1. The third kappa shape index (κ3) is 4.83. The van der Waals surface area contributed by atoms with Crippen LogP contribution in [0.4, 0.5) is 4.79 Å². The van der Waals surface area contributed by atoms with Crippen LogP contribution >= 0.6 is 0 Å². The van der Waals surface area contributed by atoms with Crippen LogP contribution in [0.3, 0.4) is 0 Å². The van der Waals surface area contributed by atoms with Crippen LogP contribution in [0, 0.1) is 6.92 Å². The highest BCUT2D eigenvalue weighted by Crippen LogP contribution is 2.14. The fourth-order valence-electron chi connectivity index (χ4n) is 1.61. The molecule has 0 bridgehead atoms. The van der Waals surface area contributed by atoms with Gasteiger partial charge in [0.05, 0.1) is 13.2 Å². The summed E-state index contributed by atoms with van der Waals surface area (Å²) in [6.07, 6.45) is 0. The number of nitrogens with one attached hydrogen (secondary N) is 1. The van der Waals surface area contributed by atoms with Gasteiger partial charge < -0.3 is 24.5 Å². The SMILES string of the molecule is CCOC(=O)CN(C)C(=O)NCc1cc(C(=O)O)c(C)o1. The number of amides is 2. The van der Waals surface area contributed by atoms with Crippen molar-refractivity contribution in [2.75, 3.05) is 20.2 Å². The van der Waals surface area contributed by atoms with Crippen molar-refractivity contribution in [3.8, 4) is 0 Å². The number of carboxylic acids is 1. The number of furan rings is 1. The van der Waals surface area contributed by atoms with Gasteiger partial charge in [0.2, 0.25) is 0 Å². The Morgan fingerprint density at radius 1 is 1.43 bits per heavy atom. The largest absolute Gasteiger partial charge is 0.478 e. The monoisotopic (exact) mass is 298 g/mol. The maximum absolute atomic E-state index is 11.7. The number of aryl methyl sites for hydroxylation is 1. The summed E-state index contributed by atoms with van der Waals surface area (Å²) >= 11 is 0. The Kier molecular flexibility index (Phi) is 5.77. The van der Waals surface area contributed by atoms with Gasteiger partial charge in [0.25, 0.3) is 0 Å². The third-order valence-electron chi connectivity index (χ3n) is 2.63. The quantitative estimate of drug-likeness (QED) is 0.758. The van der Waals surface area contributed by atoms with E-state index < -0.39 is 18.0 Å². The first kappa shape index (κ1) is 16.5. The van der Waals surface area contributed by atoms with E-state index >= 15 is 0 Å². The van der Waals surface area contributed by atoms with E-state index in [2.05, 4.69) is 5.32 Å². The van der Waals surface area contributed by atoms with Gasteiger partial charge in [-0.2, -0.15) is 0 Å². The number of carbonyl (C=O) groups is 3. The van der Waals surface area contributed by atoms with Crippen molar-refractivity contribution in [3.05, 3.63) is 23.2 Å². The van der Waals surface area contributed by atoms with Crippen LogP contribution in [0.15, 0.2) is 10.5 Å². The topological polar surface area (TPSA) is 109 Å². The number of urea groups is 1. The Labute approximate surface area is 121 Å². The van der Waals surface area contributed by atoms with Gasteiger partial charge in [0.15, 0.2) is 0 Å². The first-order valence-corrected chi connectivity index (χ1v) is 6.32. The number of likely N-dealkylation sites (N-methyl/N-ethyl adjacent to an activating group) is 1. The molecule has 1 aromatic rings. The molecular formula is C13H18N2O6. The lowest BCUT2D eigenvalue weighted by Gasteiger charge is -2.16. The van der Waals surface area contributed by atoms with Gasteiger partial charge in [-0.1, -0.05) is 0 Å². The summed E-state index contributed by atoms with van der Waals surface area (Å²) in [6, 6.07) is 0.859. The first-order valence-electron chi connectivity index (χ1n) is 6.32. The van der Waals surface area contributed by atoms with Crippen molar-refractivity contribution < 1.29 is 28.6 Å². The lowest BCUT2D eigenvalue weighted by molar-refractivity contribution is -0.143. The minimum Gasteiger partial charge on any atom is -0.478 e. The summed E-state index contributed by atoms with van der Waals surface area (Å²) in [6.45, 7) is 3.31. The zero-order chi connectivity index (χ0) is 16.0. The number of ether oxygens (including phenoxy) is 1. The van der Waals surface area contributed by atoms with Crippen LogP contribution in [-0.2, 0) is 16.1 Å². The zero-order valence-electron chi connectivity index (χ0n) is 12.1. The minimum absolute atomic E-state index is 0.0279. The number of nitrogens with zero attached hydrogens (tertiary/aromatic N) is 1. The predicted molar refractivity (Wildman–Crippen MR) is 71.9 cm³/mol. The maximum Gasteiger partial charge on any atom is 0.339 e. The second-order valence-electron chi connectivity index (χ2n) is 4.31. The summed E-state index contributed by atoms with van der Waals surface area (Å²) in [7, 11) is 1.45. The van der Waals surface area contributed by atoms with Gasteiger partial charge >= 0.3 is 18.0 Å². The van der Waals surface area contributed by atoms with Crippen LogP contribution in [0.25, 0.3) is 0 Å². The molecule has 0 aliphatic carbocycles. The number of carboxylic acid groups (broad SMARTS) is 1. The molecular weight excluding hydrogens is 280 g/mol. The summed E-state index contributed by atoms with van der Waals surface area (Å²) in [5.74, 6) is -1.00. The van der Waals surface area contributed by atoms with Crippen molar-refractivity contribution in [2.24, 2.45) is 0 Å². The Hall–Kier alpha value is -2.51. The summed E-state index contributed by atoms with van der Waals surface area (Å²) < 4.78 is 9.95. The number of carbonyl (C=O) groups excluding carboxylic acids is 2. The van der Waals surface area contributed by atoms with Crippen LogP contribution in [0.2, 0.25) is 0 Å². The van der Waals surface area contributed by atoms with E-state index in [4.69, 9.17) is 14.3 Å². The molecule has 0 fully saturated rings. The summed E-state index contributed by atoms with van der Waals surface area (Å²) in [5, 5.41) is 11.4. The van der Waals surface area contributed by atoms with Crippen molar-refractivity contribution in [3.63, 3.8) is 0 Å². The average Bonchev–Trinajstić information content (AvgIpc) is 2.77. The average molecular weight is 298 g/mol. The van der Waals surface area contributed by atoms with E-state index in [1.165, 1.54) is 20.0 Å². The molecule has 0 spiro atoms. The molecule has 116 valence electrons. The molecule has 0 unspecified atom stereocenters. The van der Waals surface area contributed by atoms with Gasteiger partial charge in [0, 0.05) is 7.05 Å². The first-order chi connectivity index (χ1) is 9.85. The van der Waals surface area contributed by atoms with E-state index in [1.54, 1.807) is 6.92 Å². The molecule has 0 radical (unpaired) electrons. The van der Waals surface area contributed by atoms with Gasteiger partial charge in [0.1, 0.15) is 23.6 Å². The molecule has 0 saturated heterocycles. The summed E-state index contributed by atoms with van der Waals surface area (Å²) in [5.41, 5.74) is 0.0547. The molecule has 8 heteroatoms. The van der Waals surface area contributed by atoms with E-state index in [1.807, 2.05) is 0 Å². The zero-order valence-corrected chi connectivity index (χ0v) is 12.1. The molecule has 0 aliphatic heterocycles. The molecule has 0 aromatic carbocycles. The molecule has 0 atom stereocenters. The summed E-state index contributed by atoms with van der Waals surface area (Å²) in [4.78, 5) is 35.0. The minimum atomic E-state index is -1.09.